The fourth-order valence-electron chi connectivity index (χ4n) is 3.54. The van der Waals surface area contributed by atoms with Crippen LogP contribution >= 0.6 is 0 Å². The molecule has 5 heteroatoms. The average Bonchev–Trinajstić information content (AvgIpc) is 2.71. The molecule has 30 heavy (non-hydrogen) atoms. The fraction of sp³-hybridized carbons (Fsp3) is 0.480. The maximum atomic E-state index is 10.4. The Balaban J connectivity index is 0.00000450. The summed E-state index contributed by atoms with van der Waals surface area (Å²) in [4.78, 5) is 4.44. The zero-order valence-corrected chi connectivity index (χ0v) is 22.9. The standard InChI is InChI=1S/C25H36N3O.K/c1-7-9-11-17(3)21(14-20-15-28-25(26-6)13-18(20)4)22-16-27-23(12-19(22)5)24(29)10-8-2;/h11-16,23-24,27,29H,7-10H2,1-6H3;/q-1;+1/b17-11+,21-14+;. The number of aliphatic hydroxyl groups excluding tert-OH is 1. The van der Waals surface area contributed by atoms with Crippen LogP contribution in [-0.2, 0) is 0 Å². The van der Waals surface area contributed by atoms with Gasteiger partial charge in [0.2, 0.25) is 0 Å². The van der Waals surface area contributed by atoms with E-state index < -0.39 is 0 Å². The number of nitrogens with zero attached hydrogens (tertiary/aromatic N) is 2. The van der Waals surface area contributed by atoms with Gasteiger partial charge >= 0.3 is 51.4 Å². The molecule has 0 saturated heterocycles. The fourth-order valence-corrected chi connectivity index (χ4v) is 3.54. The molecule has 1 aliphatic heterocycles. The van der Waals surface area contributed by atoms with Crippen molar-refractivity contribution in [3.05, 3.63) is 69.4 Å². The molecule has 2 N–H and O–H groups in total. The van der Waals surface area contributed by atoms with Crippen molar-refractivity contribution < 1.29 is 56.5 Å². The first-order valence-corrected chi connectivity index (χ1v) is 10.7. The molecule has 1 aromatic heterocycles. The summed E-state index contributed by atoms with van der Waals surface area (Å²) in [5.41, 5.74) is 7.05. The first-order chi connectivity index (χ1) is 13.9. The summed E-state index contributed by atoms with van der Waals surface area (Å²) in [7, 11) is 1.76. The summed E-state index contributed by atoms with van der Waals surface area (Å²) in [5, 5.41) is 18.0. The predicted molar refractivity (Wildman–Crippen MR) is 124 cm³/mol. The number of unbranched alkanes of at least 4 members (excludes halogenated alkanes) is 1. The second-order valence-electron chi connectivity index (χ2n) is 7.81. The van der Waals surface area contributed by atoms with Crippen LogP contribution in [0.25, 0.3) is 11.4 Å². The monoisotopic (exact) mass is 433 g/mol. The van der Waals surface area contributed by atoms with Gasteiger partial charge in [-0.05, 0) is 67.5 Å². The van der Waals surface area contributed by atoms with Crippen molar-refractivity contribution in [2.24, 2.45) is 0 Å². The van der Waals surface area contributed by atoms with Gasteiger partial charge in [-0.2, -0.15) is 0 Å². The van der Waals surface area contributed by atoms with E-state index in [0.717, 1.165) is 42.6 Å². The van der Waals surface area contributed by atoms with E-state index in [1.165, 1.54) is 22.3 Å². The Bertz CT molecular complexity index is 824. The van der Waals surface area contributed by atoms with Gasteiger partial charge in [0, 0.05) is 11.8 Å². The van der Waals surface area contributed by atoms with Gasteiger partial charge in [0.1, 0.15) is 0 Å². The first kappa shape index (κ1) is 27.3. The minimum absolute atomic E-state index is 0. The number of hydrogen-bond donors (Lipinski definition) is 2. The molecule has 2 rings (SSSR count). The molecule has 158 valence electrons. The number of pyridine rings is 1. The molecule has 0 aliphatic carbocycles. The van der Waals surface area contributed by atoms with Gasteiger partial charge in [-0.1, -0.05) is 64.0 Å². The van der Waals surface area contributed by atoms with E-state index >= 15 is 0 Å². The molecule has 0 spiro atoms. The summed E-state index contributed by atoms with van der Waals surface area (Å²) >= 11 is 0. The molecule has 0 fully saturated rings. The largest absolute Gasteiger partial charge is 1.00 e. The molecular formula is C25H36KN3O. The zero-order chi connectivity index (χ0) is 21.4. The van der Waals surface area contributed by atoms with Crippen molar-refractivity contribution in [1.82, 2.24) is 10.3 Å². The third-order valence-corrected chi connectivity index (χ3v) is 5.39. The number of aryl methyl sites for hydroxylation is 1. The van der Waals surface area contributed by atoms with Crippen LogP contribution in [0, 0.1) is 6.92 Å². The van der Waals surface area contributed by atoms with Crippen LogP contribution in [0.15, 0.2) is 52.9 Å². The number of aliphatic hydroxyl groups is 1. The van der Waals surface area contributed by atoms with Crippen LogP contribution < -0.4 is 56.7 Å². The predicted octanol–water partition coefficient (Wildman–Crippen LogP) is 3.12. The molecule has 0 aromatic carbocycles. The number of allylic oxidation sites excluding steroid dienone is 5. The van der Waals surface area contributed by atoms with Crippen molar-refractivity contribution in [1.29, 1.82) is 0 Å². The molecule has 0 amide bonds. The van der Waals surface area contributed by atoms with E-state index in [4.69, 9.17) is 0 Å². The third kappa shape index (κ3) is 7.47. The van der Waals surface area contributed by atoms with Crippen molar-refractivity contribution >= 4 is 11.9 Å². The van der Waals surface area contributed by atoms with E-state index in [9.17, 15) is 5.11 Å². The average molecular weight is 434 g/mol. The molecule has 4 nitrogen and oxygen atoms in total. The minimum atomic E-state index is -0.367. The summed E-state index contributed by atoms with van der Waals surface area (Å²) in [6.07, 6.45) is 14.2. The third-order valence-electron chi connectivity index (χ3n) is 5.39. The maximum Gasteiger partial charge on any atom is 1.00 e. The molecular weight excluding hydrogens is 397 g/mol. The molecule has 2 atom stereocenters. The van der Waals surface area contributed by atoms with Crippen molar-refractivity contribution in [2.45, 2.75) is 72.4 Å². The second-order valence-corrected chi connectivity index (χ2v) is 7.81. The topological polar surface area (TPSA) is 59.2 Å². The minimum Gasteiger partial charge on any atom is -0.469 e. The van der Waals surface area contributed by atoms with Crippen LogP contribution in [0.4, 0.5) is 5.82 Å². The van der Waals surface area contributed by atoms with Gasteiger partial charge in [-0.3, -0.25) is 0 Å². The van der Waals surface area contributed by atoms with E-state index in [2.05, 4.69) is 74.7 Å². The van der Waals surface area contributed by atoms with Crippen LogP contribution in [0.3, 0.4) is 0 Å². The van der Waals surface area contributed by atoms with Gasteiger partial charge in [-0.25, -0.2) is 0 Å². The van der Waals surface area contributed by atoms with Crippen LogP contribution in [0.2, 0.25) is 0 Å². The van der Waals surface area contributed by atoms with E-state index in [1.54, 1.807) is 7.05 Å². The summed E-state index contributed by atoms with van der Waals surface area (Å²) < 4.78 is 0. The van der Waals surface area contributed by atoms with Crippen LogP contribution in [0.1, 0.15) is 64.5 Å². The smallest absolute Gasteiger partial charge is 0.469 e. The van der Waals surface area contributed by atoms with Crippen molar-refractivity contribution in [2.75, 3.05) is 7.05 Å². The number of rotatable bonds is 9. The first-order valence-electron chi connectivity index (χ1n) is 10.7. The van der Waals surface area contributed by atoms with Gasteiger partial charge in [0.05, 0.1) is 12.1 Å². The SMILES string of the molecule is CCC/C=C(C)/C(=C\c1cnc([N-]C)cc1C)C1=CNC(C(O)CCC)C=C1C.[K+]. The Morgan fingerprint density at radius 3 is 2.60 bits per heavy atom. The maximum absolute atomic E-state index is 10.4. The number of dihydropyridines is 1. The molecule has 1 aliphatic rings. The number of aromatic nitrogens is 1. The Kier molecular flexibility index (Phi) is 12.5. The summed E-state index contributed by atoms with van der Waals surface area (Å²) in [6, 6.07) is 1.98. The zero-order valence-electron chi connectivity index (χ0n) is 19.8. The molecule has 1 aromatic rings. The Morgan fingerprint density at radius 2 is 2.03 bits per heavy atom. The van der Waals surface area contributed by atoms with E-state index in [0.29, 0.717) is 0 Å². The Hall–Kier alpha value is -0.694. The van der Waals surface area contributed by atoms with E-state index in [-0.39, 0.29) is 63.5 Å². The van der Waals surface area contributed by atoms with Crippen LogP contribution in [0.5, 0.6) is 0 Å². The van der Waals surface area contributed by atoms with Gasteiger partial charge < -0.3 is 20.7 Å². The molecule has 0 saturated carbocycles. The quantitative estimate of drug-likeness (QED) is 0.465. The molecule has 0 bridgehead atoms. The van der Waals surface area contributed by atoms with Crippen LogP contribution in [-0.4, -0.2) is 29.3 Å². The van der Waals surface area contributed by atoms with Gasteiger partial charge in [0.25, 0.3) is 0 Å². The summed E-state index contributed by atoms with van der Waals surface area (Å²) in [6.45, 7) is 10.7. The molecule has 0 radical (unpaired) electrons. The Morgan fingerprint density at radius 1 is 1.30 bits per heavy atom. The van der Waals surface area contributed by atoms with Crippen molar-refractivity contribution in [3.8, 4) is 0 Å². The van der Waals surface area contributed by atoms with Gasteiger partial charge in [-0.15, -0.1) is 0 Å². The van der Waals surface area contributed by atoms with Crippen molar-refractivity contribution in [3.63, 3.8) is 0 Å². The Labute approximate surface area is 225 Å². The molecule has 2 unspecified atom stereocenters. The summed E-state index contributed by atoms with van der Waals surface area (Å²) in [5.74, 6) is 0.752. The van der Waals surface area contributed by atoms with E-state index in [1.807, 2.05) is 12.3 Å². The normalized spacial score (nSPS) is 18.0. The second kappa shape index (κ2) is 13.7. The number of hydrogen-bond acceptors (Lipinski definition) is 3. The number of nitrogens with one attached hydrogen (secondary N) is 1. The molecule has 2 heterocycles. The van der Waals surface area contributed by atoms with Gasteiger partial charge in [0.15, 0.2) is 0 Å².